The van der Waals surface area contributed by atoms with Gasteiger partial charge in [-0.2, -0.15) is 45.3 Å². The smallest absolute Gasteiger partial charge is 0.313 e. The van der Waals surface area contributed by atoms with E-state index in [0.717, 1.165) is 4.68 Å². The lowest BCUT2D eigenvalue weighted by atomic mass is 9.81. The van der Waals surface area contributed by atoms with Gasteiger partial charge in [0.05, 0.1) is 39.0 Å². The summed E-state index contributed by atoms with van der Waals surface area (Å²) in [6.45, 7) is 15.3. The minimum absolute atomic E-state index is 0.0983. The first-order valence-corrected chi connectivity index (χ1v) is 24.9. The SMILES string of the molecule is CC.CC.CC.CNC(CC1CC(F)CC(F)C1)c1nc(C#CC(C)(C)SC)ccc1-c1ccc(Cl)c2c(NSC)nn(CC(F)(F)F)c12.C[C@H]1CC(F)(F)c2c1c(C(F)(F)F)nn2CC=O. The van der Waals surface area contributed by atoms with Gasteiger partial charge in [0.1, 0.15) is 36.6 Å². The molecule has 0 saturated heterocycles. The van der Waals surface area contributed by atoms with Gasteiger partial charge in [-0.25, -0.2) is 13.8 Å². The molecule has 4 atom stereocenters. The maximum atomic E-state index is 14.3. The quantitative estimate of drug-likeness (QED) is 0.0665. The molecule has 1 fully saturated rings. The summed E-state index contributed by atoms with van der Waals surface area (Å²) >= 11 is 9.33. The minimum Gasteiger partial charge on any atom is -0.313 e. The molecule has 1 saturated carbocycles. The fourth-order valence-electron chi connectivity index (χ4n) is 7.76. The number of pyridine rings is 1. The highest BCUT2D eigenvalue weighted by molar-refractivity contribution is 8.00. The lowest BCUT2D eigenvalue weighted by molar-refractivity contribution is -0.143. The summed E-state index contributed by atoms with van der Waals surface area (Å²) in [6.07, 6.45) is -7.77. The first-order valence-electron chi connectivity index (χ1n) is 22.0. The van der Waals surface area contributed by atoms with E-state index in [1.54, 1.807) is 49.3 Å². The van der Waals surface area contributed by atoms with Gasteiger partial charge in [0, 0.05) is 35.8 Å². The number of rotatable bonds is 11. The standard InChI is InChI=1S/C30H35ClF5N5S2.C10H9F5N2O.3C2H6/c1-29(2,42-4)11-10-20-6-7-21(26(38-20)24(37-3)14-17-12-18(32)15-19(33)13-17)22-8-9-23(31)25-27(22)41(16-30(34,35)36)39-28(25)40-43-5;1-5-4-9(11,12)8-6(5)7(10(13,14)15)16-17(8)2-3-18;3*1-2/h6-9,17-19,24,37H,12-16H2,1-5H3,(H,39,40);3,5H,2,4H2,1H3;3*1-2H3/t;5-;;;/m.0.../s1. The predicted octanol–water partition coefficient (Wildman–Crippen LogP) is 14.4. The fraction of sp³-hybridized carbons (Fsp3) is 0.609. The molecule has 21 heteroatoms. The third kappa shape index (κ3) is 15.4. The van der Waals surface area contributed by atoms with Crippen LogP contribution in [0.3, 0.4) is 0 Å². The molecule has 2 N–H and O–H groups in total. The predicted molar refractivity (Wildman–Crippen MR) is 253 cm³/mol. The Kier molecular flexibility index (Phi) is 22.9. The van der Waals surface area contributed by atoms with Gasteiger partial charge in [-0.3, -0.25) is 9.36 Å². The molecule has 376 valence electrons. The first-order chi connectivity index (χ1) is 31.4. The summed E-state index contributed by atoms with van der Waals surface area (Å²) in [5.74, 6) is 2.00. The van der Waals surface area contributed by atoms with Gasteiger partial charge >= 0.3 is 12.4 Å². The molecule has 2 aliphatic rings. The van der Waals surface area contributed by atoms with Crippen LogP contribution in [0.4, 0.5) is 49.7 Å². The molecule has 8 nitrogen and oxygen atoms in total. The van der Waals surface area contributed by atoms with Crippen molar-refractivity contribution in [1.82, 2.24) is 29.9 Å². The van der Waals surface area contributed by atoms with E-state index in [-0.39, 0.29) is 52.6 Å². The molecule has 1 aromatic carbocycles. The summed E-state index contributed by atoms with van der Waals surface area (Å²) in [5.41, 5.74) is -0.378. The molecule has 67 heavy (non-hydrogen) atoms. The Morgan fingerprint density at radius 2 is 1.52 bits per heavy atom. The van der Waals surface area contributed by atoms with Crippen LogP contribution in [-0.4, -0.2) is 73.7 Å². The van der Waals surface area contributed by atoms with Crippen molar-refractivity contribution in [2.75, 3.05) is 24.3 Å². The van der Waals surface area contributed by atoms with Gasteiger partial charge in [0.2, 0.25) is 0 Å². The highest BCUT2D eigenvalue weighted by Gasteiger charge is 2.53. The molecule has 0 spiro atoms. The molecule has 3 heterocycles. The van der Waals surface area contributed by atoms with Crippen LogP contribution in [0.15, 0.2) is 24.3 Å². The van der Waals surface area contributed by atoms with Crippen molar-refractivity contribution < 1.29 is 48.7 Å². The number of hydrogen-bond donors (Lipinski definition) is 2. The zero-order valence-corrected chi connectivity index (χ0v) is 42.2. The summed E-state index contributed by atoms with van der Waals surface area (Å²) in [7, 11) is 1.74. The van der Waals surface area contributed by atoms with Crippen LogP contribution in [-0.2, 0) is 30.0 Å². The first kappa shape index (κ1) is 59.5. The number of aldehydes is 1. The Hall–Kier alpha value is -3.67. The van der Waals surface area contributed by atoms with Gasteiger partial charge in [0.15, 0.2) is 11.5 Å². The highest BCUT2D eigenvalue weighted by Crippen LogP contribution is 2.52. The number of nitrogens with one attached hydrogen (secondary N) is 2. The van der Waals surface area contributed by atoms with Crippen molar-refractivity contribution in [3.63, 3.8) is 0 Å². The molecular weight excluding hydrogens is 956 g/mol. The van der Waals surface area contributed by atoms with Crippen LogP contribution in [0, 0.1) is 17.8 Å². The Morgan fingerprint density at radius 3 is 2.04 bits per heavy atom. The van der Waals surface area contributed by atoms with Crippen molar-refractivity contribution in [2.45, 2.75) is 155 Å². The summed E-state index contributed by atoms with van der Waals surface area (Å²) in [4.78, 5) is 15.2. The van der Waals surface area contributed by atoms with E-state index in [0.29, 0.717) is 39.0 Å². The monoisotopic (exact) mass is 1020 g/mol. The number of nitrogens with zero attached hydrogens (tertiary/aromatic N) is 5. The van der Waals surface area contributed by atoms with Crippen molar-refractivity contribution in [2.24, 2.45) is 5.92 Å². The normalized spacial score (nSPS) is 19.1. The van der Waals surface area contributed by atoms with Gasteiger partial charge < -0.3 is 14.8 Å². The van der Waals surface area contributed by atoms with Gasteiger partial charge in [-0.15, -0.1) is 11.8 Å². The third-order valence-corrected chi connectivity index (χ3v) is 12.3. The van der Waals surface area contributed by atoms with Crippen molar-refractivity contribution in [3.8, 4) is 23.0 Å². The number of thioether (sulfide) groups is 1. The number of benzene rings is 1. The lowest BCUT2D eigenvalue weighted by Crippen LogP contribution is -2.29. The minimum atomic E-state index is -4.80. The van der Waals surface area contributed by atoms with E-state index < -0.39 is 79.0 Å². The van der Waals surface area contributed by atoms with Crippen molar-refractivity contribution in [1.29, 1.82) is 0 Å². The van der Waals surface area contributed by atoms with E-state index >= 15 is 0 Å². The molecule has 0 bridgehead atoms. The average Bonchev–Trinajstić information content (AvgIpc) is 3.91. The number of carbonyl (C=O) groups excluding carboxylic acids is 1. The van der Waals surface area contributed by atoms with Crippen LogP contribution in [0.5, 0.6) is 0 Å². The van der Waals surface area contributed by atoms with Gasteiger partial charge in [-0.1, -0.05) is 84.0 Å². The van der Waals surface area contributed by atoms with Crippen LogP contribution in [0.25, 0.3) is 22.0 Å². The summed E-state index contributed by atoms with van der Waals surface area (Å²) in [6, 6.07) is 6.35. The topological polar surface area (TPSA) is 89.7 Å². The van der Waals surface area contributed by atoms with Crippen LogP contribution < -0.4 is 10.0 Å². The number of hydrogen-bond acceptors (Lipinski definition) is 8. The van der Waals surface area contributed by atoms with Crippen molar-refractivity contribution in [3.05, 3.63) is 57.6 Å². The fourth-order valence-corrected chi connectivity index (χ4v) is 8.49. The second kappa shape index (κ2) is 25.8. The molecule has 4 aromatic rings. The Bertz CT molecular complexity index is 2260. The van der Waals surface area contributed by atoms with Crippen LogP contribution >= 0.6 is 35.3 Å². The number of alkyl halides is 10. The molecule has 0 aliphatic heterocycles. The maximum Gasteiger partial charge on any atom is 0.435 e. The Balaban J connectivity index is 0.000000533. The van der Waals surface area contributed by atoms with Crippen LogP contribution in [0.2, 0.25) is 5.02 Å². The Morgan fingerprint density at radius 1 is 0.925 bits per heavy atom. The van der Waals surface area contributed by atoms with Gasteiger partial charge in [0.25, 0.3) is 5.92 Å². The lowest BCUT2D eigenvalue weighted by Gasteiger charge is -2.30. The molecule has 2 aliphatic carbocycles. The number of fused-ring (bicyclic) bond motifs is 2. The highest BCUT2D eigenvalue weighted by atomic mass is 35.5. The van der Waals surface area contributed by atoms with E-state index in [2.05, 4.69) is 32.1 Å². The average molecular weight is 1020 g/mol. The third-order valence-electron chi connectivity index (χ3n) is 10.4. The number of halogens is 11. The van der Waals surface area contributed by atoms with E-state index in [9.17, 15) is 48.7 Å². The maximum absolute atomic E-state index is 14.3. The number of anilines is 1. The largest absolute Gasteiger partial charge is 0.435 e. The number of aromatic nitrogens is 5. The summed E-state index contributed by atoms with van der Waals surface area (Å²) < 4.78 is 139. The second-order valence-electron chi connectivity index (χ2n) is 15.5. The van der Waals surface area contributed by atoms with E-state index in [4.69, 9.17) is 16.6 Å². The van der Waals surface area contributed by atoms with Crippen molar-refractivity contribution >= 4 is 58.3 Å². The second-order valence-corrected chi connectivity index (χ2v) is 17.9. The molecule has 0 amide bonds. The molecule has 3 unspecified atom stereocenters. The van der Waals surface area contributed by atoms with Gasteiger partial charge in [-0.05, 0) is 82.4 Å². The Labute approximate surface area is 401 Å². The summed E-state index contributed by atoms with van der Waals surface area (Å²) in [5, 5.41) is 11.2. The zero-order chi connectivity index (χ0) is 51.2. The van der Waals surface area contributed by atoms with E-state index in [1.807, 2.05) is 61.6 Å². The molecular formula is C46H62ClF10N7OS2. The molecule has 0 radical (unpaired) electrons. The van der Waals surface area contributed by atoms with E-state index in [1.165, 1.54) is 18.9 Å². The molecule has 3 aromatic heterocycles. The van der Waals surface area contributed by atoms with Crippen LogP contribution in [0.1, 0.15) is 135 Å². The molecule has 6 rings (SSSR count). The zero-order valence-electron chi connectivity index (χ0n) is 39.8. The number of carbonyl (C=O) groups is 1.